The van der Waals surface area contributed by atoms with Crippen molar-refractivity contribution in [2.24, 2.45) is 0 Å². The van der Waals surface area contributed by atoms with Crippen LogP contribution in [-0.2, 0) is 16.6 Å². The molecule has 0 radical (unpaired) electrons. The van der Waals surface area contributed by atoms with Crippen LogP contribution >= 0.6 is 23.2 Å². The summed E-state index contributed by atoms with van der Waals surface area (Å²) < 4.78 is 23.9. The molecule has 1 aromatic rings. The summed E-state index contributed by atoms with van der Waals surface area (Å²) in [6, 6.07) is 7.00. The average Bonchev–Trinajstić information content (AvgIpc) is 2.21. The molecule has 0 saturated carbocycles. The number of rotatable bonds is 4. The number of halogens is 2. The lowest BCUT2D eigenvalue weighted by molar-refractivity contribution is 0.471. The lowest BCUT2D eigenvalue weighted by Crippen LogP contribution is -2.27. The first kappa shape index (κ1) is 12.8. The third-order valence-corrected chi connectivity index (χ3v) is 4.37. The molecule has 0 saturated heterocycles. The Morgan fingerprint density at radius 2 is 1.80 bits per heavy atom. The molecule has 1 aromatic carbocycles. The summed E-state index contributed by atoms with van der Waals surface area (Å²) in [5.74, 6) is 0. The molecule has 6 heteroatoms. The van der Waals surface area contributed by atoms with Gasteiger partial charge < -0.3 is 0 Å². The van der Waals surface area contributed by atoms with Crippen molar-refractivity contribution >= 4 is 33.2 Å². The maximum absolute atomic E-state index is 11.3. The minimum Gasteiger partial charge on any atom is -0.211 e. The molecule has 0 heterocycles. The normalized spacial score (nSPS) is 12.0. The number of sulfonamides is 1. The molecule has 0 fully saturated rings. The standard InChI is InChI=1S/C9H11Cl2NO2S/c1-12(15(13,14)7-10)6-8-2-4-9(11)5-3-8/h2-5H,6-7H2,1H3. The number of nitrogens with zero attached hydrogens (tertiary/aromatic N) is 1. The van der Waals surface area contributed by atoms with Gasteiger partial charge >= 0.3 is 0 Å². The van der Waals surface area contributed by atoms with E-state index in [1.54, 1.807) is 24.3 Å². The average molecular weight is 268 g/mol. The molecule has 0 aliphatic rings. The van der Waals surface area contributed by atoms with Gasteiger partial charge in [-0.15, -0.1) is 11.6 Å². The second-order valence-corrected chi connectivity index (χ2v) is 6.20. The number of hydrogen-bond acceptors (Lipinski definition) is 2. The fourth-order valence-corrected chi connectivity index (χ4v) is 2.17. The van der Waals surface area contributed by atoms with Crippen molar-refractivity contribution in [3.8, 4) is 0 Å². The van der Waals surface area contributed by atoms with Gasteiger partial charge in [-0.1, -0.05) is 23.7 Å². The quantitative estimate of drug-likeness (QED) is 0.786. The van der Waals surface area contributed by atoms with Crippen LogP contribution in [0.15, 0.2) is 24.3 Å². The van der Waals surface area contributed by atoms with Gasteiger partial charge in [0.1, 0.15) is 5.21 Å². The van der Waals surface area contributed by atoms with Crippen molar-refractivity contribution in [3.63, 3.8) is 0 Å². The molecule has 0 atom stereocenters. The van der Waals surface area contributed by atoms with Gasteiger partial charge in [-0.05, 0) is 17.7 Å². The SMILES string of the molecule is CN(Cc1ccc(Cl)cc1)S(=O)(=O)CCl. The van der Waals surface area contributed by atoms with Gasteiger partial charge in [-0.25, -0.2) is 8.42 Å². The van der Waals surface area contributed by atoms with Gasteiger partial charge in [0.15, 0.2) is 0 Å². The van der Waals surface area contributed by atoms with E-state index < -0.39 is 15.2 Å². The Labute approximate surface area is 99.7 Å². The van der Waals surface area contributed by atoms with E-state index in [-0.39, 0.29) is 0 Å². The van der Waals surface area contributed by atoms with E-state index in [0.717, 1.165) is 5.56 Å². The van der Waals surface area contributed by atoms with Crippen LogP contribution in [-0.4, -0.2) is 25.0 Å². The summed E-state index contributed by atoms with van der Waals surface area (Å²) in [5.41, 5.74) is 0.871. The highest BCUT2D eigenvalue weighted by Gasteiger charge is 2.15. The van der Waals surface area contributed by atoms with Crippen LogP contribution < -0.4 is 0 Å². The number of alkyl halides is 1. The highest BCUT2D eigenvalue weighted by molar-refractivity contribution is 7.90. The van der Waals surface area contributed by atoms with Gasteiger partial charge in [0.2, 0.25) is 10.0 Å². The fourth-order valence-electron chi connectivity index (χ4n) is 1.03. The second-order valence-electron chi connectivity index (χ2n) is 3.10. The minimum atomic E-state index is -3.34. The smallest absolute Gasteiger partial charge is 0.211 e. The Morgan fingerprint density at radius 1 is 1.27 bits per heavy atom. The molecule has 84 valence electrons. The number of hydrogen-bond donors (Lipinski definition) is 0. The van der Waals surface area contributed by atoms with E-state index in [9.17, 15) is 8.42 Å². The maximum Gasteiger partial charge on any atom is 0.228 e. The molecule has 0 N–H and O–H groups in total. The van der Waals surface area contributed by atoms with Crippen molar-refractivity contribution in [1.82, 2.24) is 4.31 Å². The fraction of sp³-hybridized carbons (Fsp3) is 0.333. The zero-order valence-electron chi connectivity index (χ0n) is 8.15. The van der Waals surface area contributed by atoms with E-state index in [0.29, 0.717) is 11.6 Å². The molecule has 0 aromatic heterocycles. The third kappa shape index (κ3) is 3.65. The Hall–Kier alpha value is -0.290. The van der Waals surface area contributed by atoms with Gasteiger partial charge in [-0.3, -0.25) is 0 Å². The van der Waals surface area contributed by atoms with Crippen LogP contribution in [0.5, 0.6) is 0 Å². The van der Waals surface area contributed by atoms with Gasteiger partial charge in [0.05, 0.1) is 0 Å². The van der Waals surface area contributed by atoms with Crippen molar-refractivity contribution in [1.29, 1.82) is 0 Å². The predicted octanol–water partition coefficient (Wildman–Crippen LogP) is 2.30. The molecule has 1 rings (SSSR count). The second kappa shape index (κ2) is 5.16. The van der Waals surface area contributed by atoms with E-state index in [4.69, 9.17) is 23.2 Å². The van der Waals surface area contributed by atoms with Gasteiger partial charge in [-0.2, -0.15) is 4.31 Å². The molecule has 0 bridgehead atoms. The maximum atomic E-state index is 11.3. The first-order valence-corrected chi connectivity index (χ1v) is 6.72. The van der Waals surface area contributed by atoms with Crippen LogP contribution in [0, 0.1) is 0 Å². The zero-order chi connectivity index (χ0) is 11.5. The summed E-state index contributed by atoms with van der Waals surface area (Å²) in [6.45, 7) is 0.298. The summed E-state index contributed by atoms with van der Waals surface area (Å²) in [6.07, 6.45) is 0. The van der Waals surface area contributed by atoms with E-state index >= 15 is 0 Å². The Kier molecular flexibility index (Phi) is 4.40. The summed E-state index contributed by atoms with van der Waals surface area (Å²) >= 11 is 11.0. The molecule has 0 aliphatic heterocycles. The van der Waals surface area contributed by atoms with E-state index in [2.05, 4.69) is 0 Å². The largest absolute Gasteiger partial charge is 0.228 e. The van der Waals surface area contributed by atoms with E-state index in [1.165, 1.54) is 11.4 Å². The number of benzene rings is 1. The molecule has 3 nitrogen and oxygen atoms in total. The molecule has 15 heavy (non-hydrogen) atoms. The van der Waals surface area contributed by atoms with Crippen LogP contribution in [0.2, 0.25) is 5.02 Å². The topological polar surface area (TPSA) is 37.4 Å². The summed E-state index contributed by atoms with van der Waals surface area (Å²) in [5, 5.41) is 0.221. The van der Waals surface area contributed by atoms with Crippen molar-refractivity contribution in [2.75, 3.05) is 12.3 Å². The molecular formula is C9H11Cl2NO2S. The van der Waals surface area contributed by atoms with Crippen LogP contribution in [0.25, 0.3) is 0 Å². The van der Waals surface area contributed by atoms with Crippen LogP contribution in [0.1, 0.15) is 5.56 Å². The summed E-state index contributed by atoms with van der Waals surface area (Å²) in [7, 11) is -1.85. The Morgan fingerprint density at radius 3 is 2.27 bits per heavy atom. The van der Waals surface area contributed by atoms with E-state index in [1.807, 2.05) is 0 Å². The first-order chi connectivity index (χ1) is 6.95. The zero-order valence-corrected chi connectivity index (χ0v) is 10.5. The summed E-state index contributed by atoms with van der Waals surface area (Å²) in [4.78, 5) is 0. The van der Waals surface area contributed by atoms with Gasteiger partial charge in [0, 0.05) is 18.6 Å². The Balaban J connectivity index is 2.75. The molecule has 0 unspecified atom stereocenters. The van der Waals surface area contributed by atoms with Crippen LogP contribution in [0.3, 0.4) is 0 Å². The monoisotopic (exact) mass is 267 g/mol. The van der Waals surface area contributed by atoms with Crippen molar-refractivity contribution in [2.45, 2.75) is 6.54 Å². The lowest BCUT2D eigenvalue weighted by atomic mass is 10.2. The molecule has 0 spiro atoms. The third-order valence-electron chi connectivity index (χ3n) is 1.93. The lowest BCUT2D eigenvalue weighted by Gasteiger charge is -2.15. The highest BCUT2D eigenvalue weighted by Crippen LogP contribution is 2.12. The van der Waals surface area contributed by atoms with Crippen molar-refractivity contribution in [3.05, 3.63) is 34.9 Å². The predicted molar refractivity (Wildman–Crippen MR) is 62.6 cm³/mol. The first-order valence-electron chi connectivity index (χ1n) is 4.20. The highest BCUT2D eigenvalue weighted by atomic mass is 35.5. The molecule has 0 aliphatic carbocycles. The Bertz CT molecular complexity index is 416. The van der Waals surface area contributed by atoms with Crippen LogP contribution in [0.4, 0.5) is 0 Å². The molecule has 0 amide bonds. The minimum absolute atomic E-state index is 0.298. The molecular weight excluding hydrogens is 257 g/mol. The van der Waals surface area contributed by atoms with Gasteiger partial charge in [0.25, 0.3) is 0 Å². The van der Waals surface area contributed by atoms with Crippen molar-refractivity contribution < 1.29 is 8.42 Å².